The maximum atomic E-state index is 13.4. The number of nitrogens with two attached hydrogens (primary N) is 1. The maximum absolute atomic E-state index is 13.4. The number of carbonyl (C=O) groups excluding carboxylic acids is 1. The Morgan fingerprint density at radius 2 is 2.05 bits per heavy atom. The smallest absolute Gasteiger partial charge is 0.426 e. The van der Waals surface area contributed by atoms with Gasteiger partial charge in [0.15, 0.2) is 23.8 Å². The predicted molar refractivity (Wildman–Crippen MR) is 77.4 cm³/mol. The lowest BCUT2D eigenvalue weighted by Gasteiger charge is -2.06. The summed E-state index contributed by atoms with van der Waals surface area (Å²) < 4.78 is 24.3. The predicted octanol–water partition coefficient (Wildman–Crippen LogP) is 2.04. The average Bonchev–Trinajstić information content (AvgIpc) is 2.81. The second-order valence-electron chi connectivity index (χ2n) is 4.54. The Kier molecular flexibility index (Phi) is 3.38. The second-order valence-corrected chi connectivity index (χ2v) is 4.54. The zero-order valence-corrected chi connectivity index (χ0v) is 11.3. The normalized spacial score (nSPS) is 10.8. The summed E-state index contributed by atoms with van der Waals surface area (Å²) in [6.07, 6.45) is 0. The third-order valence-corrected chi connectivity index (χ3v) is 3.04. The lowest BCUT2D eigenvalue weighted by atomic mass is 10.3. The van der Waals surface area contributed by atoms with Crippen molar-refractivity contribution in [3.8, 4) is 5.75 Å². The summed E-state index contributed by atoms with van der Waals surface area (Å²) in [4.78, 5) is 23.9. The van der Waals surface area contributed by atoms with Crippen molar-refractivity contribution in [3.05, 3.63) is 58.8 Å². The molecule has 0 saturated heterocycles. The Morgan fingerprint density at radius 1 is 1.27 bits per heavy atom. The number of halogens is 1. The number of oxazole rings is 1. The molecule has 0 radical (unpaired) electrons. The van der Waals surface area contributed by atoms with Crippen LogP contribution in [-0.2, 0) is 0 Å². The van der Waals surface area contributed by atoms with E-state index in [1.807, 2.05) is 0 Å². The van der Waals surface area contributed by atoms with E-state index < -0.39 is 24.1 Å². The van der Waals surface area contributed by atoms with Crippen LogP contribution in [0.2, 0.25) is 0 Å². The monoisotopic (exact) mass is 302 g/mol. The first-order valence-electron chi connectivity index (χ1n) is 6.38. The van der Waals surface area contributed by atoms with E-state index in [4.69, 9.17) is 14.9 Å². The fourth-order valence-corrected chi connectivity index (χ4v) is 2.04. The minimum atomic E-state index is -0.845. The molecule has 0 fully saturated rings. The van der Waals surface area contributed by atoms with E-state index in [1.165, 1.54) is 30.3 Å². The topological polar surface area (TPSA) is 87.5 Å². The zero-order chi connectivity index (χ0) is 15.7. The zero-order valence-electron chi connectivity index (χ0n) is 11.3. The van der Waals surface area contributed by atoms with Crippen molar-refractivity contribution >= 4 is 22.7 Å². The van der Waals surface area contributed by atoms with Crippen LogP contribution in [0, 0.1) is 5.82 Å². The maximum Gasteiger partial charge on any atom is 0.426 e. The number of nitrogen functional groups attached to an aromatic ring is 1. The first-order chi connectivity index (χ1) is 10.6. The quantitative estimate of drug-likeness (QED) is 0.748. The van der Waals surface area contributed by atoms with Crippen LogP contribution in [0.4, 0.5) is 10.1 Å². The highest BCUT2D eigenvalue weighted by Crippen LogP contribution is 2.17. The molecule has 0 aliphatic carbocycles. The molecule has 0 spiro atoms. The number of fused-ring (bicyclic) bond motifs is 1. The minimum absolute atomic E-state index is 0.0686. The molecule has 0 atom stereocenters. The molecular formula is C15H11FN2O4. The molecule has 3 aromatic rings. The summed E-state index contributed by atoms with van der Waals surface area (Å²) >= 11 is 0. The Labute approximate surface area is 123 Å². The van der Waals surface area contributed by atoms with Crippen LogP contribution in [-0.4, -0.2) is 17.1 Å². The molecule has 3 rings (SSSR count). The highest BCUT2D eigenvalue weighted by molar-refractivity contribution is 5.90. The van der Waals surface area contributed by atoms with Gasteiger partial charge in [-0.05, 0) is 24.3 Å². The number of anilines is 1. The first kappa shape index (κ1) is 13.9. The van der Waals surface area contributed by atoms with Gasteiger partial charge in [0.1, 0.15) is 0 Å². The number of nitrogens with zero attached hydrogens (tertiary/aromatic N) is 1. The van der Waals surface area contributed by atoms with Gasteiger partial charge in [0, 0.05) is 11.8 Å². The van der Waals surface area contributed by atoms with Gasteiger partial charge in [0.25, 0.3) is 5.91 Å². The van der Waals surface area contributed by atoms with Crippen LogP contribution < -0.4 is 16.2 Å². The van der Waals surface area contributed by atoms with Crippen molar-refractivity contribution in [1.29, 1.82) is 0 Å². The van der Waals surface area contributed by atoms with E-state index in [0.717, 1.165) is 4.57 Å². The van der Waals surface area contributed by atoms with Crippen molar-refractivity contribution in [2.45, 2.75) is 0 Å². The van der Waals surface area contributed by atoms with Gasteiger partial charge in [-0.3, -0.25) is 4.79 Å². The van der Waals surface area contributed by atoms with E-state index in [9.17, 15) is 14.0 Å². The van der Waals surface area contributed by atoms with Crippen LogP contribution in [0.15, 0.2) is 51.7 Å². The Balaban J connectivity index is 1.88. The van der Waals surface area contributed by atoms with Gasteiger partial charge in [0.2, 0.25) is 0 Å². The number of para-hydroxylation sites is 1. The van der Waals surface area contributed by atoms with E-state index in [-0.39, 0.29) is 16.8 Å². The van der Waals surface area contributed by atoms with Crippen LogP contribution in [0.5, 0.6) is 5.75 Å². The Bertz CT molecular complexity index is 913. The number of benzene rings is 2. The summed E-state index contributed by atoms with van der Waals surface area (Å²) in [6, 6.07) is 10.2. The van der Waals surface area contributed by atoms with Crippen LogP contribution in [0.1, 0.15) is 4.79 Å². The molecule has 0 aliphatic heterocycles. The van der Waals surface area contributed by atoms with Crippen LogP contribution in [0.25, 0.3) is 11.1 Å². The van der Waals surface area contributed by atoms with Gasteiger partial charge in [-0.1, -0.05) is 12.1 Å². The van der Waals surface area contributed by atoms with E-state index >= 15 is 0 Å². The van der Waals surface area contributed by atoms with Gasteiger partial charge >= 0.3 is 5.76 Å². The lowest BCUT2D eigenvalue weighted by molar-refractivity contribution is 0.0831. The highest BCUT2D eigenvalue weighted by atomic mass is 19.1. The van der Waals surface area contributed by atoms with Gasteiger partial charge < -0.3 is 14.9 Å². The number of carbonyl (C=O) groups is 1. The summed E-state index contributed by atoms with van der Waals surface area (Å²) in [6.45, 7) is -0.500. The Hall–Kier alpha value is -3.09. The van der Waals surface area contributed by atoms with Gasteiger partial charge in [-0.2, -0.15) is 0 Å². The third-order valence-electron chi connectivity index (χ3n) is 3.04. The molecule has 7 heteroatoms. The van der Waals surface area contributed by atoms with Crippen LogP contribution in [0.3, 0.4) is 0 Å². The SMILES string of the molecule is Nc1ccc2c(c1)oc(=O)n2C(=O)COc1ccccc1F. The van der Waals surface area contributed by atoms with Gasteiger partial charge in [-0.25, -0.2) is 13.8 Å². The molecule has 1 aromatic heterocycles. The number of hydrogen-bond donors (Lipinski definition) is 1. The molecule has 6 nitrogen and oxygen atoms in total. The summed E-state index contributed by atoms with van der Waals surface area (Å²) in [7, 11) is 0. The standard InChI is InChI=1S/C15H11FN2O4/c16-10-3-1-2-4-12(10)21-8-14(19)18-11-6-5-9(17)7-13(11)22-15(18)20/h1-7H,8,17H2. The minimum Gasteiger partial charge on any atom is -0.481 e. The Morgan fingerprint density at radius 3 is 2.82 bits per heavy atom. The van der Waals surface area contributed by atoms with E-state index in [2.05, 4.69) is 0 Å². The number of rotatable bonds is 3. The van der Waals surface area contributed by atoms with Gasteiger partial charge in [-0.15, -0.1) is 0 Å². The molecule has 112 valence electrons. The van der Waals surface area contributed by atoms with Crippen molar-refractivity contribution in [2.75, 3.05) is 12.3 Å². The molecule has 0 unspecified atom stereocenters. The fourth-order valence-electron chi connectivity index (χ4n) is 2.04. The molecule has 2 N–H and O–H groups in total. The van der Waals surface area contributed by atoms with Crippen molar-refractivity contribution in [3.63, 3.8) is 0 Å². The second kappa shape index (κ2) is 5.36. The largest absolute Gasteiger partial charge is 0.481 e. The molecule has 1 heterocycles. The highest BCUT2D eigenvalue weighted by Gasteiger charge is 2.17. The van der Waals surface area contributed by atoms with Crippen molar-refractivity contribution in [1.82, 2.24) is 4.57 Å². The molecule has 22 heavy (non-hydrogen) atoms. The molecule has 0 bridgehead atoms. The first-order valence-corrected chi connectivity index (χ1v) is 6.38. The van der Waals surface area contributed by atoms with E-state index in [1.54, 1.807) is 12.1 Å². The number of ether oxygens (including phenoxy) is 1. The summed E-state index contributed by atoms with van der Waals surface area (Å²) in [5, 5.41) is 0. The molecule has 0 saturated carbocycles. The molecule has 0 aliphatic rings. The number of aromatic nitrogens is 1. The van der Waals surface area contributed by atoms with E-state index in [0.29, 0.717) is 5.69 Å². The van der Waals surface area contributed by atoms with Gasteiger partial charge in [0.05, 0.1) is 5.52 Å². The average molecular weight is 302 g/mol. The molecular weight excluding hydrogens is 291 g/mol. The van der Waals surface area contributed by atoms with Crippen molar-refractivity contribution in [2.24, 2.45) is 0 Å². The van der Waals surface area contributed by atoms with Crippen LogP contribution >= 0.6 is 0 Å². The summed E-state index contributed by atoms with van der Waals surface area (Å²) in [5.41, 5.74) is 6.47. The van der Waals surface area contributed by atoms with Crippen molar-refractivity contribution < 1.29 is 18.3 Å². The number of hydrogen-bond acceptors (Lipinski definition) is 5. The third kappa shape index (κ3) is 2.44. The fraction of sp³-hybridized carbons (Fsp3) is 0.0667. The summed E-state index contributed by atoms with van der Waals surface area (Å²) in [5.74, 6) is -2.17. The lowest BCUT2D eigenvalue weighted by Crippen LogP contribution is -2.27. The molecule has 0 amide bonds. The molecule has 2 aromatic carbocycles.